The number of benzene rings is 2. The molecule has 2 unspecified atom stereocenters. The number of amides is 1. The first-order chi connectivity index (χ1) is 11.5. The Hall–Kier alpha value is -2.14. The molecular weight excluding hydrogens is 370 g/mol. The first-order valence-electron chi connectivity index (χ1n) is 7.90. The Morgan fingerprint density at radius 2 is 1.92 bits per heavy atom. The lowest BCUT2D eigenvalue weighted by atomic mass is 10.1. The van der Waals surface area contributed by atoms with Crippen molar-refractivity contribution < 1.29 is 14.7 Å². The van der Waals surface area contributed by atoms with Crippen LogP contribution in [-0.2, 0) is 16.0 Å². The third-order valence-corrected chi connectivity index (χ3v) is 4.75. The first kappa shape index (κ1) is 16.7. The molecule has 0 saturated heterocycles. The van der Waals surface area contributed by atoms with E-state index in [0.29, 0.717) is 6.42 Å². The molecule has 0 aromatic heterocycles. The minimum atomic E-state index is -0.806. The summed E-state index contributed by atoms with van der Waals surface area (Å²) < 4.78 is 1.03. The maximum absolute atomic E-state index is 12.3. The molecule has 2 atom stereocenters. The van der Waals surface area contributed by atoms with Crippen LogP contribution in [0.2, 0.25) is 0 Å². The maximum atomic E-state index is 12.3. The van der Waals surface area contributed by atoms with Gasteiger partial charge < -0.3 is 10.4 Å². The Morgan fingerprint density at radius 1 is 1.17 bits per heavy atom. The van der Waals surface area contributed by atoms with Crippen molar-refractivity contribution in [1.29, 1.82) is 0 Å². The molecule has 0 radical (unpaired) electrons. The number of carboxylic acid groups (broad SMARTS) is 1. The van der Waals surface area contributed by atoms with E-state index in [1.54, 1.807) is 0 Å². The summed E-state index contributed by atoms with van der Waals surface area (Å²) in [5.74, 6) is -0.457. The molecule has 2 aromatic rings. The summed E-state index contributed by atoms with van der Waals surface area (Å²) >= 11 is 3.46. The third-order valence-electron chi connectivity index (χ3n) is 4.25. The molecule has 2 aromatic carbocycles. The highest BCUT2D eigenvalue weighted by Crippen LogP contribution is 2.48. The van der Waals surface area contributed by atoms with Gasteiger partial charge in [0.1, 0.15) is 0 Å². The van der Waals surface area contributed by atoms with Crippen LogP contribution in [0, 0.1) is 5.92 Å². The molecule has 3 rings (SSSR count). The second-order valence-corrected chi connectivity index (χ2v) is 7.00. The fourth-order valence-electron chi connectivity index (χ4n) is 2.83. The van der Waals surface area contributed by atoms with Gasteiger partial charge in [-0.05, 0) is 54.2 Å². The second kappa shape index (κ2) is 7.18. The number of nitrogens with one attached hydrogen (secondary N) is 1. The molecule has 4 nitrogen and oxygen atoms in total. The number of aryl methyl sites for hydroxylation is 1. The molecule has 0 spiro atoms. The molecule has 1 aliphatic carbocycles. The minimum absolute atomic E-state index is 0.0194. The lowest BCUT2D eigenvalue weighted by Crippen LogP contribution is -2.14. The topological polar surface area (TPSA) is 66.4 Å². The number of rotatable bonds is 6. The van der Waals surface area contributed by atoms with Crippen LogP contribution in [0.3, 0.4) is 0 Å². The zero-order chi connectivity index (χ0) is 17.1. The average Bonchev–Trinajstić information content (AvgIpc) is 3.35. The van der Waals surface area contributed by atoms with Crippen LogP contribution < -0.4 is 5.32 Å². The number of carbonyl (C=O) groups excluding carboxylic acids is 1. The summed E-state index contributed by atoms with van der Waals surface area (Å²) in [6.07, 6.45) is 1.48. The van der Waals surface area contributed by atoms with Crippen molar-refractivity contribution in [2.45, 2.75) is 25.2 Å². The Morgan fingerprint density at radius 3 is 2.58 bits per heavy atom. The number of carbonyl (C=O) groups is 2. The second-order valence-electron chi connectivity index (χ2n) is 6.08. The van der Waals surface area contributed by atoms with E-state index in [4.69, 9.17) is 5.11 Å². The molecule has 2 N–H and O–H groups in total. The van der Waals surface area contributed by atoms with E-state index in [2.05, 4.69) is 33.4 Å². The van der Waals surface area contributed by atoms with Gasteiger partial charge in [0.15, 0.2) is 0 Å². The van der Waals surface area contributed by atoms with E-state index >= 15 is 0 Å². The van der Waals surface area contributed by atoms with E-state index < -0.39 is 5.97 Å². The van der Waals surface area contributed by atoms with Crippen molar-refractivity contribution in [1.82, 2.24) is 0 Å². The van der Waals surface area contributed by atoms with Crippen LogP contribution in [-0.4, -0.2) is 17.0 Å². The van der Waals surface area contributed by atoms with Gasteiger partial charge in [0.25, 0.3) is 0 Å². The summed E-state index contributed by atoms with van der Waals surface area (Å²) in [5, 5.41) is 11.6. The number of aliphatic carboxylic acids is 1. The van der Waals surface area contributed by atoms with E-state index in [0.717, 1.165) is 22.1 Å². The van der Waals surface area contributed by atoms with Crippen molar-refractivity contribution in [2.24, 2.45) is 5.92 Å². The van der Waals surface area contributed by atoms with Gasteiger partial charge in [-0.3, -0.25) is 9.59 Å². The molecule has 1 amide bonds. The van der Waals surface area contributed by atoms with Gasteiger partial charge in [0.2, 0.25) is 5.91 Å². The zero-order valence-electron chi connectivity index (χ0n) is 13.0. The van der Waals surface area contributed by atoms with Crippen LogP contribution in [0.25, 0.3) is 0 Å². The molecule has 124 valence electrons. The quantitative estimate of drug-likeness (QED) is 0.779. The van der Waals surface area contributed by atoms with Crippen LogP contribution in [0.4, 0.5) is 5.69 Å². The van der Waals surface area contributed by atoms with E-state index in [9.17, 15) is 9.59 Å². The number of halogens is 1. The molecule has 0 bridgehead atoms. The van der Waals surface area contributed by atoms with Gasteiger partial charge in [0.05, 0.1) is 0 Å². The number of anilines is 1. The Balaban J connectivity index is 1.55. The summed E-state index contributed by atoms with van der Waals surface area (Å²) in [7, 11) is 0. The van der Waals surface area contributed by atoms with E-state index in [-0.39, 0.29) is 24.2 Å². The zero-order valence-corrected chi connectivity index (χ0v) is 14.6. The van der Waals surface area contributed by atoms with Gasteiger partial charge in [-0.2, -0.15) is 0 Å². The molecule has 1 aliphatic rings. The third kappa shape index (κ3) is 4.23. The van der Waals surface area contributed by atoms with Gasteiger partial charge in [-0.25, -0.2) is 0 Å². The lowest BCUT2D eigenvalue weighted by Gasteiger charge is -2.06. The van der Waals surface area contributed by atoms with Crippen molar-refractivity contribution in [3.63, 3.8) is 0 Å². The van der Waals surface area contributed by atoms with Gasteiger partial charge in [-0.1, -0.05) is 40.2 Å². The highest BCUT2D eigenvalue weighted by molar-refractivity contribution is 9.10. The highest BCUT2D eigenvalue weighted by atomic mass is 79.9. The number of hydrogen-bond acceptors (Lipinski definition) is 2. The fraction of sp³-hybridized carbons (Fsp3) is 0.263. The fourth-order valence-corrected chi connectivity index (χ4v) is 3.25. The number of hydrogen-bond donors (Lipinski definition) is 2. The monoisotopic (exact) mass is 387 g/mol. The van der Waals surface area contributed by atoms with E-state index in [1.807, 2.05) is 36.4 Å². The number of carboxylic acids is 1. The lowest BCUT2D eigenvalue weighted by molar-refractivity contribution is -0.137. The summed E-state index contributed by atoms with van der Waals surface area (Å²) in [4.78, 5) is 22.9. The predicted octanol–water partition coefficient (Wildman–Crippen LogP) is 4.21. The Kier molecular flexibility index (Phi) is 5.00. The van der Waals surface area contributed by atoms with Crippen LogP contribution >= 0.6 is 15.9 Å². The Bertz CT molecular complexity index is 757. The van der Waals surface area contributed by atoms with E-state index in [1.165, 1.54) is 5.56 Å². The SMILES string of the molecule is O=C(O)CCc1ccc(NC(=O)C2CC2c2cccc(Br)c2)cc1. The van der Waals surface area contributed by atoms with Gasteiger partial charge >= 0.3 is 5.97 Å². The molecule has 0 aliphatic heterocycles. The van der Waals surface area contributed by atoms with Crippen molar-refractivity contribution in [3.05, 3.63) is 64.1 Å². The normalized spacial score (nSPS) is 18.9. The summed E-state index contributed by atoms with van der Waals surface area (Å²) in [6, 6.07) is 15.5. The largest absolute Gasteiger partial charge is 0.481 e. The summed E-state index contributed by atoms with van der Waals surface area (Å²) in [6.45, 7) is 0. The molecule has 0 heterocycles. The molecule has 1 fully saturated rings. The smallest absolute Gasteiger partial charge is 0.303 e. The standard InChI is InChI=1S/C19H18BrNO3/c20-14-3-1-2-13(10-14)16-11-17(16)19(24)21-15-7-4-12(5-8-15)6-9-18(22)23/h1-5,7-8,10,16-17H,6,9,11H2,(H,21,24)(H,22,23). The minimum Gasteiger partial charge on any atom is -0.481 e. The summed E-state index contributed by atoms with van der Waals surface area (Å²) in [5.41, 5.74) is 2.89. The Labute approximate surface area is 149 Å². The van der Waals surface area contributed by atoms with Gasteiger partial charge in [-0.15, -0.1) is 0 Å². The molecule has 24 heavy (non-hydrogen) atoms. The molecule has 5 heteroatoms. The first-order valence-corrected chi connectivity index (χ1v) is 8.69. The molecular formula is C19H18BrNO3. The van der Waals surface area contributed by atoms with Crippen molar-refractivity contribution in [3.8, 4) is 0 Å². The van der Waals surface area contributed by atoms with Crippen molar-refractivity contribution in [2.75, 3.05) is 5.32 Å². The van der Waals surface area contributed by atoms with Crippen LogP contribution in [0.15, 0.2) is 53.0 Å². The average molecular weight is 388 g/mol. The van der Waals surface area contributed by atoms with Crippen molar-refractivity contribution >= 4 is 33.5 Å². The maximum Gasteiger partial charge on any atom is 0.303 e. The molecule has 1 saturated carbocycles. The van der Waals surface area contributed by atoms with Crippen LogP contribution in [0.1, 0.15) is 29.9 Å². The highest BCUT2D eigenvalue weighted by Gasteiger charge is 2.43. The predicted molar refractivity (Wildman–Crippen MR) is 96.0 cm³/mol. The van der Waals surface area contributed by atoms with Crippen LogP contribution in [0.5, 0.6) is 0 Å². The van der Waals surface area contributed by atoms with Gasteiger partial charge in [0, 0.05) is 22.5 Å².